The first-order chi connectivity index (χ1) is 7.24. The van der Waals surface area contributed by atoms with E-state index in [1.165, 1.54) is 0 Å². The van der Waals surface area contributed by atoms with Gasteiger partial charge in [0.2, 0.25) is 11.8 Å². The highest BCUT2D eigenvalue weighted by atomic mass is 16.2. The van der Waals surface area contributed by atoms with Crippen molar-refractivity contribution in [1.29, 1.82) is 0 Å². The molecule has 0 aliphatic carbocycles. The standard InChI is InChI=1S/C10H17N3O2/c1-11-5-4-7-10(15)13-6-2-3-8(13)9(14)12-7/h7-8,11H,2-6H2,1H3,(H,12,14). The number of piperazine rings is 1. The molecule has 5 heteroatoms. The van der Waals surface area contributed by atoms with E-state index in [0.29, 0.717) is 6.42 Å². The number of amides is 2. The van der Waals surface area contributed by atoms with E-state index in [-0.39, 0.29) is 23.9 Å². The number of nitrogens with one attached hydrogen (secondary N) is 2. The van der Waals surface area contributed by atoms with E-state index in [1.807, 2.05) is 7.05 Å². The van der Waals surface area contributed by atoms with Crippen LogP contribution in [0.3, 0.4) is 0 Å². The van der Waals surface area contributed by atoms with Crippen LogP contribution in [0.1, 0.15) is 19.3 Å². The fourth-order valence-electron chi connectivity index (χ4n) is 2.32. The minimum atomic E-state index is -0.320. The first-order valence-electron chi connectivity index (χ1n) is 5.49. The summed E-state index contributed by atoms with van der Waals surface area (Å²) in [5, 5.41) is 5.79. The highest BCUT2D eigenvalue weighted by Gasteiger charge is 2.42. The zero-order chi connectivity index (χ0) is 10.8. The fourth-order valence-corrected chi connectivity index (χ4v) is 2.32. The highest BCUT2D eigenvalue weighted by Crippen LogP contribution is 2.22. The maximum Gasteiger partial charge on any atom is 0.245 e. The molecule has 2 aliphatic heterocycles. The third kappa shape index (κ3) is 1.84. The Kier molecular flexibility index (Phi) is 2.90. The number of nitrogens with zero attached hydrogens (tertiary/aromatic N) is 1. The molecule has 0 aromatic rings. The Bertz CT molecular complexity index is 280. The molecule has 15 heavy (non-hydrogen) atoms. The van der Waals surface area contributed by atoms with Crippen LogP contribution in [0.5, 0.6) is 0 Å². The lowest BCUT2D eigenvalue weighted by atomic mass is 10.1. The lowest BCUT2D eigenvalue weighted by Crippen LogP contribution is -2.61. The topological polar surface area (TPSA) is 61.4 Å². The maximum absolute atomic E-state index is 11.9. The summed E-state index contributed by atoms with van der Waals surface area (Å²) in [7, 11) is 1.84. The van der Waals surface area contributed by atoms with Crippen LogP contribution < -0.4 is 10.6 Å². The number of rotatable bonds is 3. The number of carbonyl (C=O) groups is 2. The number of hydrogen-bond acceptors (Lipinski definition) is 3. The molecule has 0 saturated carbocycles. The summed E-state index contributed by atoms with van der Waals surface area (Å²) in [6, 6.07) is -0.511. The molecule has 2 saturated heterocycles. The lowest BCUT2D eigenvalue weighted by molar-refractivity contribution is -0.147. The molecule has 2 rings (SSSR count). The fraction of sp³-hybridized carbons (Fsp3) is 0.800. The van der Waals surface area contributed by atoms with Crippen molar-refractivity contribution < 1.29 is 9.59 Å². The van der Waals surface area contributed by atoms with Crippen molar-refractivity contribution in [3.05, 3.63) is 0 Å². The summed E-state index contributed by atoms with van der Waals surface area (Å²) in [5.74, 6) is 0.112. The van der Waals surface area contributed by atoms with E-state index < -0.39 is 0 Å². The highest BCUT2D eigenvalue weighted by molar-refractivity contribution is 5.97. The van der Waals surface area contributed by atoms with Crippen LogP contribution in [0.2, 0.25) is 0 Å². The molecule has 0 aromatic heterocycles. The van der Waals surface area contributed by atoms with Crippen LogP contribution in [0.15, 0.2) is 0 Å². The van der Waals surface area contributed by atoms with Gasteiger partial charge >= 0.3 is 0 Å². The monoisotopic (exact) mass is 211 g/mol. The minimum Gasteiger partial charge on any atom is -0.342 e. The average Bonchev–Trinajstić information content (AvgIpc) is 2.70. The zero-order valence-electron chi connectivity index (χ0n) is 8.95. The molecule has 84 valence electrons. The Morgan fingerprint density at radius 2 is 2.33 bits per heavy atom. The molecular formula is C10H17N3O2. The number of fused-ring (bicyclic) bond motifs is 1. The molecule has 0 aromatic carbocycles. The summed E-state index contributed by atoms with van der Waals surface area (Å²) < 4.78 is 0. The predicted octanol–water partition coefficient (Wildman–Crippen LogP) is -0.915. The second-order valence-electron chi connectivity index (χ2n) is 4.14. The van der Waals surface area contributed by atoms with Gasteiger partial charge in [-0.3, -0.25) is 9.59 Å². The van der Waals surface area contributed by atoms with Gasteiger partial charge in [0.15, 0.2) is 0 Å². The van der Waals surface area contributed by atoms with Gasteiger partial charge in [-0.15, -0.1) is 0 Å². The molecule has 2 heterocycles. The Morgan fingerprint density at radius 3 is 3.07 bits per heavy atom. The van der Waals surface area contributed by atoms with E-state index in [0.717, 1.165) is 25.9 Å². The van der Waals surface area contributed by atoms with Crippen LogP contribution in [-0.4, -0.2) is 48.9 Å². The Morgan fingerprint density at radius 1 is 1.53 bits per heavy atom. The van der Waals surface area contributed by atoms with Gasteiger partial charge in [-0.25, -0.2) is 0 Å². The smallest absolute Gasteiger partial charge is 0.245 e. The van der Waals surface area contributed by atoms with Gasteiger partial charge in [0.25, 0.3) is 0 Å². The van der Waals surface area contributed by atoms with Crippen molar-refractivity contribution in [1.82, 2.24) is 15.5 Å². The van der Waals surface area contributed by atoms with Gasteiger partial charge in [-0.05, 0) is 32.9 Å². The van der Waals surface area contributed by atoms with E-state index >= 15 is 0 Å². The summed E-state index contributed by atoms with van der Waals surface area (Å²) in [4.78, 5) is 25.3. The molecule has 2 fully saturated rings. The van der Waals surface area contributed by atoms with Crippen molar-refractivity contribution in [2.45, 2.75) is 31.3 Å². The van der Waals surface area contributed by atoms with Crippen LogP contribution in [0.4, 0.5) is 0 Å². The quantitative estimate of drug-likeness (QED) is 0.635. The third-order valence-electron chi connectivity index (χ3n) is 3.14. The van der Waals surface area contributed by atoms with Gasteiger partial charge in [-0.2, -0.15) is 0 Å². The maximum atomic E-state index is 11.9. The van der Waals surface area contributed by atoms with Gasteiger partial charge in [0.1, 0.15) is 12.1 Å². The van der Waals surface area contributed by atoms with Crippen LogP contribution in [0.25, 0.3) is 0 Å². The predicted molar refractivity (Wildman–Crippen MR) is 55.2 cm³/mol. The lowest BCUT2D eigenvalue weighted by Gasteiger charge is -2.34. The van der Waals surface area contributed by atoms with Crippen LogP contribution in [0, 0.1) is 0 Å². The first kappa shape index (κ1) is 10.4. The van der Waals surface area contributed by atoms with Gasteiger partial charge < -0.3 is 15.5 Å². The summed E-state index contributed by atoms with van der Waals surface area (Å²) in [6.45, 7) is 1.49. The van der Waals surface area contributed by atoms with Crippen molar-refractivity contribution in [2.75, 3.05) is 20.1 Å². The Hall–Kier alpha value is -1.10. The molecule has 2 unspecified atom stereocenters. The minimum absolute atomic E-state index is 0.0215. The Balaban J connectivity index is 2.03. The van der Waals surface area contributed by atoms with E-state index in [9.17, 15) is 9.59 Å². The first-order valence-corrected chi connectivity index (χ1v) is 5.49. The second kappa shape index (κ2) is 4.18. The van der Waals surface area contributed by atoms with Crippen molar-refractivity contribution in [3.8, 4) is 0 Å². The number of hydrogen-bond donors (Lipinski definition) is 2. The van der Waals surface area contributed by atoms with E-state index in [2.05, 4.69) is 10.6 Å². The molecular weight excluding hydrogens is 194 g/mol. The summed E-state index contributed by atoms with van der Waals surface area (Å²) in [6.07, 6.45) is 2.43. The molecule has 2 aliphatic rings. The Labute approximate surface area is 89.2 Å². The molecule has 2 N–H and O–H groups in total. The molecule has 0 spiro atoms. The van der Waals surface area contributed by atoms with Crippen molar-refractivity contribution in [2.24, 2.45) is 0 Å². The third-order valence-corrected chi connectivity index (χ3v) is 3.14. The van der Waals surface area contributed by atoms with Crippen molar-refractivity contribution >= 4 is 11.8 Å². The largest absolute Gasteiger partial charge is 0.342 e. The van der Waals surface area contributed by atoms with Gasteiger partial charge in [0, 0.05) is 6.54 Å². The SMILES string of the molecule is CNCCC1NC(=O)C2CCCN2C1=O. The van der Waals surface area contributed by atoms with Crippen LogP contribution in [-0.2, 0) is 9.59 Å². The molecule has 0 radical (unpaired) electrons. The molecule has 0 bridgehead atoms. The molecule has 5 nitrogen and oxygen atoms in total. The second-order valence-corrected chi connectivity index (χ2v) is 4.14. The van der Waals surface area contributed by atoms with E-state index in [4.69, 9.17) is 0 Å². The molecule has 2 amide bonds. The normalized spacial score (nSPS) is 30.3. The summed E-state index contributed by atoms with van der Waals surface area (Å²) >= 11 is 0. The number of carbonyl (C=O) groups excluding carboxylic acids is 2. The van der Waals surface area contributed by atoms with E-state index in [1.54, 1.807) is 4.90 Å². The average molecular weight is 211 g/mol. The van der Waals surface area contributed by atoms with Gasteiger partial charge in [-0.1, -0.05) is 0 Å². The van der Waals surface area contributed by atoms with Crippen LogP contribution >= 0.6 is 0 Å². The summed E-state index contributed by atoms with van der Waals surface area (Å²) in [5.41, 5.74) is 0. The zero-order valence-corrected chi connectivity index (χ0v) is 8.95. The van der Waals surface area contributed by atoms with Crippen molar-refractivity contribution in [3.63, 3.8) is 0 Å². The van der Waals surface area contributed by atoms with Gasteiger partial charge in [0.05, 0.1) is 0 Å². The molecule has 2 atom stereocenters.